The number of nitrogens with one attached hydrogen (secondary N) is 1. The Hall–Kier alpha value is -0.120. The Morgan fingerprint density at radius 3 is 1.48 bits per heavy atom. The highest BCUT2D eigenvalue weighted by atomic mass is 16.5. The Morgan fingerprint density at radius 2 is 1.13 bits per heavy atom. The van der Waals surface area contributed by atoms with Gasteiger partial charge in [-0.2, -0.15) is 0 Å². The van der Waals surface area contributed by atoms with Crippen molar-refractivity contribution in [2.24, 2.45) is 11.8 Å². The van der Waals surface area contributed by atoms with Crippen LogP contribution in [0.15, 0.2) is 0 Å². The minimum absolute atomic E-state index is 0.743. The molecule has 0 radical (unpaired) electrons. The fraction of sp³-hybridized carbons (Fsp3) is 1.00. The van der Waals surface area contributed by atoms with Crippen molar-refractivity contribution in [2.45, 2.75) is 79.1 Å². The monoisotopic (exact) mass is 329 g/mol. The van der Waals surface area contributed by atoms with E-state index in [4.69, 9.17) is 9.47 Å². The van der Waals surface area contributed by atoms with Gasteiger partial charge >= 0.3 is 0 Å². The van der Waals surface area contributed by atoms with E-state index in [-0.39, 0.29) is 0 Å². The van der Waals surface area contributed by atoms with Gasteiger partial charge < -0.3 is 14.8 Å². The molecule has 0 aromatic carbocycles. The van der Waals surface area contributed by atoms with Crippen LogP contribution in [0, 0.1) is 11.8 Å². The van der Waals surface area contributed by atoms with E-state index < -0.39 is 0 Å². The third kappa shape index (κ3) is 15.2. The Labute approximate surface area is 145 Å². The van der Waals surface area contributed by atoms with Crippen molar-refractivity contribution in [3.63, 3.8) is 0 Å². The molecule has 0 rings (SSSR count). The summed E-state index contributed by atoms with van der Waals surface area (Å²) in [5.74, 6) is 1.49. The van der Waals surface area contributed by atoms with Crippen LogP contribution in [-0.4, -0.2) is 39.5 Å². The van der Waals surface area contributed by atoms with Crippen LogP contribution in [0.1, 0.15) is 79.1 Å². The largest absolute Gasteiger partial charge is 0.380 e. The fourth-order valence-electron chi connectivity index (χ4n) is 2.71. The summed E-state index contributed by atoms with van der Waals surface area (Å²) in [6.45, 7) is 14.4. The summed E-state index contributed by atoms with van der Waals surface area (Å²) in [6, 6.07) is 0. The van der Waals surface area contributed by atoms with Crippen molar-refractivity contribution in [1.82, 2.24) is 5.32 Å². The van der Waals surface area contributed by atoms with Crippen LogP contribution in [0.3, 0.4) is 0 Å². The SMILES string of the molecule is CCCC[C@@H](CC)COCCNCCOC[C@H](CC)CCCC. The molecule has 0 unspecified atom stereocenters. The number of unbranched alkanes of at least 4 members (excludes halogenated alkanes) is 2. The van der Waals surface area contributed by atoms with Crippen molar-refractivity contribution in [3.8, 4) is 0 Å². The second kappa shape index (κ2) is 18.2. The lowest BCUT2D eigenvalue weighted by Gasteiger charge is -2.15. The quantitative estimate of drug-likeness (QED) is 0.357. The Balaban J connectivity index is 3.35. The Morgan fingerprint density at radius 1 is 0.696 bits per heavy atom. The van der Waals surface area contributed by atoms with Crippen LogP contribution < -0.4 is 5.32 Å². The van der Waals surface area contributed by atoms with E-state index in [0.29, 0.717) is 0 Å². The highest BCUT2D eigenvalue weighted by molar-refractivity contribution is 4.57. The predicted molar refractivity (Wildman–Crippen MR) is 101 cm³/mol. The average Bonchev–Trinajstić information content (AvgIpc) is 2.58. The first-order valence-electron chi connectivity index (χ1n) is 10.1. The fourth-order valence-corrected chi connectivity index (χ4v) is 2.71. The van der Waals surface area contributed by atoms with Gasteiger partial charge in [0.15, 0.2) is 0 Å². The van der Waals surface area contributed by atoms with Gasteiger partial charge in [-0.1, -0.05) is 66.2 Å². The highest BCUT2D eigenvalue weighted by Crippen LogP contribution is 2.13. The summed E-state index contributed by atoms with van der Waals surface area (Å²) in [4.78, 5) is 0. The molecule has 140 valence electrons. The van der Waals surface area contributed by atoms with Gasteiger partial charge in [0.25, 0.3) is 0 Å². The second-order valence-corrected chi connectivity index (χ2v) is 6.73. The molecule has 0 spiro atoms. The number of ether oxygens (including phenoxy) is 2. The van der Waals surface area contributed by atoms with Crippen molar-refractivity contribution < 1.29 is 9.47 Å². The van der Waals surface area contributed by atoms with E-state index >= 15 is 0 Å². The van der Waals surface area contributed by atoms with Gasteiger partial charge in [0.2, 0.25) is 0 Å². The summed E-state index contributed by atoms with van der Waals surface area (Å²) in [7, 11) is 0. The highest BCUT2D eigenvalue weighted by Gasteiger charge is 2.06. The summed E-state index contributed by atoms with van der Waals surface area (Å²) in [5, 5.41) is 3.41. The van der Waals surface area contributed by atoms with Gasteiger partial charge in [-0.25, -0.2) is 0 Å². The molecule has 0 aliphatic heterocycles. The van der Waals surface area contributed by atoms with Crippen LogP contribution in [0.25, 0.3) is 0 Å². The van der Waals surface area contributed by atoms with E-state index in [1.165, 1.54) is 51.4 Å². The smallest absolute Gasteiger partial charge is 0.0591 e. The standard InChI is InChI=1S/C20H43NO2/c1-5-9-11-19(7-3)17-22-15-13-21-14-16-23-18-20(8-4)12-10-6-2/h19-21H,5-18H2,1-4H3/t19-,20-/m1/s1. The van der Waals surface area contributed by atoms with Crippen molar-refractivity contribution in [1.29, 1.82) is 0 Å². The first-order chi connectivity index (χ1) is 11.3. The molecule has 23 heavy (non-hydrogen) atoms. The third-order valence-corrected chi connectivity index (χ3v) is 4.64. The van der Waals surface area contributed by atoms with Gasteiger partial charge in [-0.05, 0) is 24.7 Å². The lowest BCUT2D eigenvalue weighted by atomic mass is 10.0. The Kier molecular flexibility index (Phi) is 18.1. The zero-order valence-electron chi connectivity index (χ0n) is 16.4. The van der Waals surface area contributed by atoms with Gasteiger partial charge in [0, 0.05) is 26.3 Å². The van der Waals surface area contributed by atoms with Crippen molar-refractivity contribution in [2.75, 3.05) is 39.5 Å². The average molecular weight is 330 g/mol. The summed E-state index contributed by atoms with van der Waals surface area (Å²) < 4.78 is 11.6. The lowest BCUT2D eigenvalue weighted by molar-refractivity contribution is 0.0841. The van der Waals surface area contributed by atoms with Crippen LogP contribution in [-0.2, 0) is 9.47 Å². The molecule has 0 heterocycles. The number of hydrogen-bond donors (Lipinski definition) is 1. The molecular weight excluding hydrogens is 286 g/mol. The lowest BCUT2D eigenvalue weighted by Crippen LogP contribution is -2.25. The number of rotatable bonds is 18. The molecule has 0 aromatic rings. The minimum atomic E-state index is 0.743. The summed E-state index contributed by atoms with van der Waals surface area (Å²) in [5.41, 5.74) is 0. The van der Waals surface area contributed by atoms with E-state index in [2.05, 4.69) is 33.0 Å². The molecule has 0 amide bonds. The minimum Gasteiger partial charge on any atom is -0.380 e. The second-order valence-electron chi connectivity index (χ2n) is 6.73. The van der Waals surface area contributed by atoms with Gasteiger partial charge in [-0.3, -0.25) is 0 Å². The predicted octanol–water partition coefficient (Wildman–Crippen LogP) is 5.04. The van der Waals surface area contributed by atoms with E-state index in [0.717, 1.165) is 51.4 Å². The maximum atomic E-state index is 5.79. The van der Waals surface area contributed by atoms with Gasteiger partial charge in [-0.15, -0.1) is 0 Å². The van der Waals surface area contributed by atoms with Crippen LogP contribution in [0.4, 0.5) is 0 Å². The normalized spacial score (nSPS) is 14.1. The van der Waals surface area contributed by atoms with E-state index in [1.807, 2.05) is 0 Å². The molecule has 0 fully saturated rings. The molecule has 3 nitrogen and oxygen atoms in total. The van der Waals surface area contributed by atoms with Crippen LogP contribution in [0.2, 0.25) is 0 Å². The molecule has 3 heteroatoms. The van der Waals surface area contributed by atoms with Crippen molar-refractivity contribution in [3.05, 3.63) is 0 Å². The molecule has 0 bridgehead atoms. The van der Waals surface area contributed by atoms with Crippen LogP contribution >= 0.6 is 0 Å². The molecule has 0 saturated carbocycles. The van der Waals surface area contributed by atoms with Crippen LogP contribution in [0.5, 0.6) is 0 Å². The molecule has 0 aromatic heterocycles. The number of hydrogen-bond acceptors (Lipinski definition) is 3. The zero-order chi connectivity index (χ0) is 17.2. The maximum Gasteiger partial charge on any atom is 0.0591 e. The summed E-state index contributed by atoms with van der Waals surface area (Å²) >= 11 is 0. The zero-order valence-corrected chi connectivity index (χ0v) is 16.4. The molecule has 0 aliphatic rings. The molecule has 2 atom stereocenters. The van der Waals surface area contributed by atoms with Crippen molar-refractivity contribution >= 4 is 0 Å². The van der Waals surface area contributed by atoms with E-state index in [1.54, 1.807) is 0 Å². The van der Waals surface area contributed by atoms with Gasteiger partial charge in [0.05, 0.1) is 13.2 Å². The summed E-state index contributed by atoms with van der Waals surface area (Å²) in [6.07, 6.45) is 10.3. The Bertz CT molecular complexity index is 202. The third-order valence-electron chi connectivity index (χ3n) is 4.64. The molecular formula is C20H43NO2. The maximum absolute atomic E-state index is 5.79. The molecule has 0 saturated heterocycles. The molecule has 0 aliphatic carbocycles. The van der Waals surface area contributed by atoms with Gasteiger partial charge in [0.1, 0.15) is 0 Å². The first kappa shape index (κ1) is 22.9. The van der Waals surface area contributed by atoms with E-state index in [9.17, 15) is 0 Å². The molecule has 1 N–H and O–H groups in total. The first-order valence-corrected chi connectivity index (χ1v) is 10.1. The topological polar surface area (TPSA) is 30.5 Å².